The van der Waals surface area contributed by atoms with E-state index in [4.69, 9.17) is 9.47 Å². The molecule has 0 atom stereocenters. The summed E-state index contributed by atoms with van der Waals surface area (Å²) in [5.74, 6) is 1.66. The highest BCUT2D eigenvalue weighted by Gasteiger charge is 2.23. The molecule has 35 heavy (non-hydrogen) atoms. The molecule has 2 aliphatic rings. The Kier molecular flexibility index (Phi) is 7.22. The highest BCUT2D eigenvalue weighted by molar-refractivity contribution is 7.89. The molecular weight excluding hydrogens is 462 g/mol. The van der Waals surface area contributed by atoms with Gasteiger partial charge >= 0.3 is 0 Å². The number of sulfonamides is 1. The molecular formula is C27H31N3O4S. The summed E-state index contributed by atoms with van der Waals surface area (Å²) in [4.78, 5) is 5.01. The molecule has 2 aliphatic heterocycles. The van der Waals surface area contributed by atoms with Crippen LogP contribution >= 0.6 is 0 Å². The fourth-order valence-corrected chi connectivity index (χ4v) is 5.64. The molecule has 8 heteroatoms. The third-order valence-electron chi connectivity index (χ3n) is 6.47. The van der Waals surface area contributed by atoms with Crippen molar-refractivity contribution in [3.63, 3.8) is 0 Å². The Hall–Kier alpha value is -3.07. The number of nitrogens with one attached hydrogen (secondary N) is 1. The molecule has 3 aromatic rings. The Labute approximate surface area is 207 Å². The number of hydrogen-bond donors (Lipinski definition) is 1. The SMILES string of the molecule is O=S(=O)(NCCCN1CCN(c2cccc3c2OCCO3)CC1)c1ccc(-c2ccccc2)cc1. The van der Waals surface area contributed by atoms with Crippen molar-refractivity contribution < 1.29 is 17.9 Å². The molecule has 5 rings (SSSR count). The molecule has 0 spiro atoms. The minimum atomic E-state index is -3.52. The number of anilines is 1. The summed E-state index contributed by atoms with van der Waals surface area (Å²) in [5, 5.41) is 0. The summed E-state index contributed by atoms with van der Waals surface area (Å²) in [6.07, 6.45) is 0.763. The van der Waals surface area contributed by atoms with E-state index in [0.717, 1.165) is 67.5 Å². The Balaban J connectivity index is 1.08. The molecule has 0 saturated carbocycles. The Bertz CT molecular complexity index is 1230. The van der Waals surface area contributed by atoms with Gasteiger partial charge in [-0.1, -0.05) is 48.5 Å². The molecule has 1 saturated heterocycles. The quantitative estimate of drug-likeness (QED) is 0.484. The van der Waals surface area contributed by atoms with Crippen molar-refractivity contribution in [1.82, 2.24) is 9.62 Å². The number of hydrogen-bond acceptors (Lipinski definition) is 6. The van der Waals surface area contributed by atoms with Crippen LogP contribution in [-0.4, -0.2) is 65.8 Å². The van der Waals surface area contributed by atoms with E-state index in [-0.39, 0.29) is 0 Å². The first kappa shape index (κ1) is 23.7. The second-order valence-corrected chi connectivity index (χ2v) is 10.5. The van der Waals surface area contributed by atoms with E-state index < -0.39 is 10.0 Å². The van der Waals surface area contributed by atoms with Crippen molar-refractivity contribution >= 4 is 15.7 Å². The number of ether oxygens (including phenoxy) is 2. The van der Waals surface area contributed by atoms with Crippen LogP contribution in [0.2, 0.25) is 0 Å². The predicted molar refractivity (Wildman–Crippen MR) is 138 cm³/mol. The number of piperazine rings is 1. The molecule has 0 radical (unpaired) electrons. The Morgan fingerprint density at radius 1 is 0.771 bits per heavy atom. The molecule has 2 heterocycles. The summed E-state index contributed by atoms with van der Waals surface area (Å²) < 4.78 is 39.7. The molecule has 0 unspecified atom stereocenters. The third kappa shape index (κ3) is 5.61. The summed E-state index contributed by atoms with van der Waals surface area (Å²) in [6, 6.07) is 23.0. The van der Waals surface area contributed by atoms with Crippen molar-refractivity contribution in [3.8, 4) is 22.6 Å². The monoisotopic (exact) mass is 493 g/mol. The van der Waals surface area contributed by atoms with Crippen LogP contribution in [0, 0.1) is 0 Å². The normalized spacial score (nSPS) is 16.3. The number of benzene rings is 3. The molecule has 7 nitrogen and oxygen atoms in total. The zero-order valence-corrected chi connectivity index (χ0v) is 20.5. The molecule has 0 aliphatic carbocycles. The van der Waals surface area contributed by atoms with Gasteiger partial charge in [-0.25, -0.2) is 13.1 Å². The number of fused-ring (bicyclic) bond motifs is 1. The van der Waals surface area contributed by atoms with Gasteiger partial charge in [-0.2, -0.15) is 0 Å². The van der Waals surface area contributed by atoms with Crippen LogP contribution in [0.25, 0.3) is 11.1 Å². The number of para-hydroxylation sites is 1. The Morgan fingerprint density at radius 2 is 1.49 bits per heavy atom. The van der Waals surface area contributed by atoms with Gasteiger partial charge in [0.25, 0.3) is 0 Å². The van der Waals surface area contributed by atoms with Gasteiger partial charge in [0, 0.05) is 32.7 Å². The standard InChI is InChI=1S/C27H31N3O4S/c31-35(32,24-12-10-23(11-13-24)22-6-2-1-3-7-22)28-14-5-15-29-16-18-30(19-17-29)25-8-4-9-26-27(25)34-21-20-33-26/h1-4,6-13,28H,5,14-21H2. The van der Waals surface area contributed by atoms with E-state index in [1.165, 1.54) is 0 Å². The highest BCUT2D eigenvalue weighted by Crippen LogP contribution is 2.39. The van der Waals surface area contributed by atoms with E-state index in [0.29, 0.717) is 24.7 Å². The first-order chi connectivity index (χ1) is 17.1. The van der Waals surface area contributed by atoms with Gasteiger partial charge in [-0.15, -0.1) is 0 Å². The lowest BCUT2D eigenvalue weighted by Crippen LogP contribution is -2.47. The first-order valence-corrected chi connectivity index (χ1v) is 13.6. The topological polar surface area (TPSA) is 71.1 Å². The van der Waals surface area contributed by atoms with Gasteiger partial charge in [-0.05, 0) is 48.4 Å². The minimum Gasteiger partial charge on any atom is -0.486 e. The average Bonchev–Trinajstić information content (AvgIpc) is 2.92. The summed E-state index contributed by atoms with van der Waals surface area (Å²) in [7, 11) is -3.52. The Morgan fingerprint density at radius 3 is 2.26 bits per heavy atom. The zero-order chi connectivity index (χ0) is 24.1. The van der Waals surface area contributed by atoms with Gasteiger partial charge < -0.3 is 14.4 Å². The van der Waals surface area contributed by atoms with E-state index in [1.54, 1.807) is 12.1 Å². The maximum absolute atomic E-state index is 12.7. The smallest absolute Gasteiger partial charge is 0.240 e. The van der Waals surface area contributed by atoms with Crippen molar-refractivity contribution in [1.29, 1.82) is 0 Å². The minimum absolute atomic E-state index is 0.295. The maximum Gasteiger partial charge on any atom is 0.240 e. The predicted octanol–water partition coefficient (Wildman–Crippen LogP) is 3.62. The van der Waals surface area contributed by atoms with Crippen LogP contribution in [-0.2, 0) is 10.0 Å². The van der Waals surface area contributed by atoms with Crippen LogP contribution in [0.1, 0.15) is 6.42 Å². The van der Waals surface area contributed by atoms with Crippen LogP contribution in [0.4, 0.5) is 5.69 Å². The third-order valence-corrected chi connectivity index (χ3v) is 7.95. The molecule has 0 aromatic heterocycles. The van der Waals surface area contributed by atoms with Crippen molar-refractivity contribution in [2.45, 2.75) is 11.3 Å². The lowest BCUT2D eigenvalue weighted by molar-refractivity contribution is 0.171. The van der Waals surface area contributed by atoms with E-state index >= 15 is 0 Å². The second-order valence-electron chi connectivity index (χ2n) is 8.77. The van der Waals surface area contributed by atoms with E-state index in [9.17, 15) is 8.42 Å². The number of nitrogens with zero attached hydrogens (tertiary/aromatic N) is 2. The van der Waals surface area contributed by atoms with Gasteiger partial charge in [0.15, 0.2) is 11.5 Å². The molecule has 1 N–H and O–H groups in total. The lowest BCUT2D eigenvalue weighted by Gasteiger charge is -2.37. The molecule has 3 aromatic carbocycles. The van der Waals surface area contributed by atoms with Crippen LogP contribution in [0.15, 0.2) is 77.7 Å². The van der Waals surface area contributed by atoms with Crippen LogP contribution in [0.3, 0.4) is 0 Å². The van der Waals surface area contributed by atoms with Crippen molar-refractivity contribution in [2.75, 3.05) is 57.4 Å². The van der Waals surface area contributed by atoms with Gasteiger partial charge in [0.05, 0.1) is 10.6 Å². The van der Waals surface area contributed by atoms with Crippen LogP contribution in [0.5, 0.6) is 11.5 Å². The van der Waals surface area contributed by atoms with Gasteiger partial charge in [0.2, 0.25) is 10.0 Å². The summed E-state index contributed by atoms with van der Waals surface area (Å²) in [6.45, 7) is 6.11. The number of rotatable bonds is 8. The fraction of sp³-hybridized carbons (Fsp3) is 0.333. The molecule has 0 bridgehead atoms. The second kappa shape index (κ2) is 10.7. The largest absolute Gasteiger partial charge is 0.486 e. The summed E-state index contributed by atoms with van der Waals surface area (Å²) >= 11 is 0. The summed E-state index contributed by atoms with van der Waals surface area (Å²) in [5.41, 5.74) is 3.16. The molecule has 1 fully saturated rings. The van der Waals surface area contributed by atoms with E-state index in [2.05, 4.69) is 20.6 Å². The lowest BCUT2D eigenvalue weighted by atomic mass is 10.1. The van der Waals surface area contributed by atoms with Crippen molar-refractivity contribution in [3.05, 3.63) is 72.8 Å². The van der Waals surface area contributed by atoms with Crippen molar-refractivity contribution in [2.24, 2.45) is 0 Å². The van der Waals surface area contributed by atoms with Crippen LogP contribution < -0.4 is 19.1 Å². The van der Waals surface area contributed by atoms with Gasteiger partial charge in [0.1, 0.15) is 13.2 Å². The van der Waals surface area contributed by atoms with E-state index in [1.807, 2.05) is 54.6 Å². The zero-order valence-electron chi connectivity index (χ0n) is 19.7. The fourth-order valence-electron chi connectivity index (χ4n) is 4.57. The van der Waals surface area contributed by atoms with Gasteiger partial charge in [-0.3, -0.25) is 4.90 Å². The average molecular weight is 494 g/mol. The molecule has 184 valence electrons. The maximum atomic E-state index is 12.7. The first-order valence-electron chi connectivity index (χ1n) is 12.1. The molecule has 0 amide bonds. The highest BCUT2D eigenvalue weighted by atomic mass is 32.2.